The summed E-state index contributed by atoms with van der Waals surface area (Å²) in [7, 11) is 5.36. The van der Waals surface area contributed by atoms with Crippen LogP contribution in [0.4, 0.5) is 10.3 Å². The minimum absolute atomic E-state index is 0. The molecule has 4 amide bonds. The van der Waals surface area contributed by atoms with Crippen molar-refractivity contribution in [2.45, 2.75) is 33.1 Å². The fraction of sp³-hybridized carbons (Fsp3) is 0.333. The van der Waals surface area contributed by atoms with Gasteiger partial charge in [0, 0.05) is 92.9 Å². The van der Waals surface area contributed by atoms with Crippen LogP contribution >= 0.6 is 69.7 Å². The van der Waals surface area contributed by atoms with E-state index in [1.54, 1.807) is 0 Å². The summed E-state index contributed by atoms with van der Waals surface area (Å²) in [6.07, 6.45) is 0. The number of aromatic nitrogens is 8. The Hall–Kier alpha value is -3.56. The third-order valence-corrected chi connectivity index (χ3v) is 16.2. The summed E-state index contributed by atoms with van der Waals surface area (Å²) in [5, 5.41) is 41.5. The summed E-state index contributed by atoms with van der Waals surface area (Å²) < 4.78 is 2.26. The first kappa shape index (κ1) is 88.2. The van der Waals surface area contributed by atoms with E-state index in [2.05, 4.69) is 51.1 Å². The van der Waals surface area contributed by atoms with Crippen molar-refractivity contribution in [2.75, 3.05) is 48.7 Å². The third-order valence-electron chi connectivity index (χ3n) is 9.94. The van der Waals surface area contributed by atoms with E-state index in [1.807, 2.05) is 0 Å². The number of nitrogens with two attached hydrogens (primary N) is 2. The summed E-state index contributed by atoms with van der Waals surface area (Å²) >= 11 is 6.74. The third kappa shape index (κ3) is 19.7. The van der Waals surface area contributed by atoms with Crippen molar-refractivity contribution in [1.82, 2.24) is 59.9 Å². The molecule has 8 heterocycles. The van der Waals surface area contributed by atoms with Crippen LogP contribution in [0.1, 0.15) is 11.4 Å². The quantitative estimate of drug-likeness (QED) is 0.0151. The number of fused-ring (bicyclic) bond motifs is 2. The van der Waals surface area contributed by atoms with E-state index in [-0.39, 0.29) is 234 Å². The van der Waals surface area contributed by atoms with Crippen molar-refractivity contribution < 1.29 is 146 Å². The number of carbonyl (C=O) groups is 6. The average Bonchev–Trinajstić information content (AvgIpc) is 3.98. The molecule has 438 valence electrons. The molecular weight excluding hydrogens is 1280 g/mol. The first-order chi connectivity index (χ1) is 34.2. The number of carboxylic acids is 2. The molecule has 47 heteroatoms. The van der Waals surface area contributed by atoms with Gasteiger partial charge in [-0.15, -0.1) is 46.2 Å². The summed E-state index contributed by atoms with van der Waals surface area (Å²) in [5.74, 6) is -4.69. The van der Waals surface area contributed by atoms with Gasteiger partial charge in [0.2, 0.25) is 0 Å². The molecule has 37 nitrogen and oxygen atoms in total. The van der Waals surface area contributed by atoms with Gasteiger partial charge in [-0.3, -0.25) is 38.6 Å². The number of oxime groups is 2. The molecule has 4 aliphatic heterocycles. The number of nitrogens with zero attached hydrogens (tertiary/aromatic N) is 12. The number of β-lactam (4-membered cyclic amide) rings is 2. The number of nitrogens with one attached hydrogen (secondary N) is 2. The number of hydrogen-bond donors (Lipinski definition) is 6. The van der Waals surface area contributed by atoms with E-state index in [9.17, 15) is 58.2 Å². The van der Waals surface area contributed by atoms with Gasteiger partial charge in [-0.25, -0.2) is 19.6 Å². The van der Waals surface area contributed by atoms with Crippen molar-refractivity contribution in [3.8, 4) is 0 Å². The fourth-order valence-electron chi connectivity index (χ4n) is 6.80. The van der Waals surface area contributed by atoms with E-state index >= 15 is 0 Å². The number of aliphatic carboxylic acids is 2. The van der Waals surface area contributed by atoms with E-state index < -0.39 is 80.6 Å². The molecule has 0 spiro atoms. The smallest absolute Gasteiger partial charge is 0.554 e. The molecule has 2 saturated heterocycles. The standard InChI is InChI=1S/2C18H18N8O7S3.4Na.7H2O/c2*1-25-18(22-12(28)13(29)23-25)36-4-6-3-34-15-9(14(30)26(15)10(6)16(31)32)21-11(27)8(24-33-2)7-5-35-17(19)20-7;;;;;;;;;;;/h2*5,9,15H,3-4H2,1-2H3,(H5,19,20,21,23,27,29,31,32);;;;;7*1H2/q;;;;2*+1;;;;;;;/p-2/b2*24-8-;;;;;;;;;;;/t2*9-,15-;;;;;;;;;;;/m11.........../s1. The Morgan fingerprint density at radius 2 is 0.964 bits per heavy atom. The van der Waals surface area contributed by atoms with Crippen LogP contribution in [0.5, 0.6) is 0 Å². The number of anilines is 2. The van der Waals surface area contributed by atoms with Crippen LogP contribution in [0, 0.1) is 0 Å². The second-order valence-corrected chi connectivity index (χ2v) is 20.3. The molecule has 4 aromatic heterocycles. The van der Waals surface area contributed by atoms with Crippen molar-refractivity contribution >= 4 is 186 Å². The Morgan fingerprint density at radius 1 is 0.639 bits per heavy atom. The molecule has 4 aliphatic rings. The molecule has 2 fully saturated rings. The predicted octanol–water partition coefficient (Wildman–Crippen LogP) is -16.5. The van der Waals surface area contributed by atoms with Gasteiger partial charge in [-0.2, -0.15) is 9.97 Å². The van der Waals surface area contributed by atoms with Gasteiger partial charge in [0.05, 0.1) is 0 Å². The maximum absolute atomic E-state index is 12.9. The number of hydrogen-bond acceptors (Lipinski definition) is 26. The van der Waals surface area contributed by atoms with Crippen LogP contribution in [0.15, 0.2) is 73.1 Å². The molecule has 22 N–H and O–H groups in total. The molecule has 0 aliphatic carbocycles. The Kier molecular flexibility index (Phi) is 41.0. The number of thiazole rings is 2. The van der Waals surface area contributed by atoms with Gasteiger partial charge in [-0.1, -0.05) is 33.8 Å². The normalized spacial score (nSPS) is 17.0. The zero-order valence-corrected chi connectivity index (χ0v) is 57.5. The minimum atomic E-state index is -1.32. The van der Waals surface area contributed by atoms with Gasteiger partial charge in [0.1, 0.15) is 59.8 Å². The summed E-state index contributed by atoms with van der Waals surface area (Å²) in [6, 6.07) is -2.00. The van der Waals surface area contributed by atoms with Gasteiger partial charge in [0.15, 0.2) is 43.1 Å². The van der Waals surface area contributed by atoms with Crippen LogP contribution < -0.4 is 114 Å². The molecule has 0 saturated carbocycles. The maximum atomic E-state index is 12.9. The Bertz CT molecular complexity index is 3110. The molecule has 2 radical (unpaired) electrons. The number of carbonyl (C=O) groups excluding carboxylic acids is 4. The number of rotatable bonds is 16. The largest absolute Gasteiger partial charge is 1.00 e. The SMILES string of the molecule is CO/N=C(\C(=O)N[C@@H]1C(=O)N2C(C(=O)O)=C(CSc3nc(=O)c(=O)[n-]n3C)CS[C@H]12)c1csc(N)n1.CO/N=C(\C(=O)N[C@@H]1C(=O)N2C(C(=O)O)=C(CSc3nc(=O)c(=O)[n-]n3C)CS[C@H]12)c1csc(N)n1.O.O.O.O.O.O.O.[Na+].[Na+].[Na].[Na]. The topological polar surface area (TPSA) is 647 Å². The molecule has 4 aromatic rings. The van der Waals surface area contributed by atoms with Gasteiger partial charge < -0.3 is 109 Å². The zero-order chi connectivity index (χ0) is 52.3. The Labute approximate surface area is 577 Å². The van der Waals surface area contributed by atoms with E-state index in [0.717, 1.165) is 65.4 Å². The minimum Gasteiger partial charge on any atom is -0.554 e. The van der Waals surface area contributed by atoms with Crippen LogP contribution in [0.3, 0.4) is 0 Å². The first-order valence-electron chi connectivity index (χ1n) is 19.8. The maximum Gasteiger partial charge on any atom is 1.00 e. The van der Waals surface area contributed by atoms with E-state index in [4.69, 9.17) is 21.1 Å². The first-order valence-corrected chi connectivity index (χ1v) is 25.6. The number of thioether (sulfide) groups is 4. The van der Waals surface area contributed by atoms with Crippen molar-refractivity contribution in [1.29, 1.82) is 0 Å². The zero-order valence-electron chi connectivity index (χ0n) is 44.6. The van der Waals surface area contributed by atoms with Crippen molar-refractivity contribution in [2.24, 2.45) is 24.4 Å². The van der Waals surface area contributed by atoms with Gasteiger partial charge in [0.25, 0.3) is 34.7 Å². The molecule has 83 heavy (non-hydrogen) atoms. The summed E-state index contributed by atoms with van der Waals surface area (Å²) in [6.45, 7) is 0. The van der Waals surface area contributed by atoms with Crippen molar-refractivity contribution in [3.63, 3.8) is 0 Å². The van der Waals surface area contributed by atoms with Gasteiger partial charge >= 0.3 is 71.1 Å². The molecule has 0 unspecified atom stereocenters. The Balaban J connectivity index is -0.000000431. The van der Waals surface area contributed by atoms with Crippen LogP contribution in [-0.4, -0.2) is 254 Å². The van der Waals surface area contributed by atoms with Crippen molar-refractivity contribution in [3.05, 3.63) is 86.1 Å². The molecule has 0 bridgehead atoms. The van der Waals surface area contributed by atoms with Crippen LogP contribution in [0.2, 0.25) is 0 Å². The number of amides is 4. The summed E-state index contributed by atoms with van der Waals surface area (Å²) in [4.78, 5) is 148. The number of aryl methyl sites for hydroxylation is 2. The number of nitrogen functional groups attached to an aromatic ring is 2. The second-order valence-electron chi connectivity index (χ2n) is 14.5. The van der Waals surface area contributed by atoms with Crippen LogP contribution in [0.25, 0.3) is 0 Å². The monoisotopic (exact) mass is 1320 g/mol. The van der Waals surface area contributed by atoms with E-state index in [1.165, 1.54) is 62.6 Å². The molecule has 4 atom stereocenters. The fourth-order valence-corrected chi connectivity index (χ4v) is 12.7. The predicted molar refractivity (Wildman–Crippen MR) is 296 cm³/mol. The molecule has 0 aromatic carbocycles. The second kappa shape index (κ2) is 38.6. The Morgan fingerprint density at radius 3 is 1.24 bits per heavy atom. The molecular formula is C36H48N16Na4O21S6. The van der Waals surface area contributed by atoms with Gasteiger partial charge in [-0.05, 0) is 25.2 Å². The van der Waals surface area contributed by atoms with Crippen LogP contribution in [-0.2, 0) is 52.5 Å². The van der Waals surface area contributed by atoms with E-state index in [0.29, 0.717) is 11.1 Å². The molecule has 8 rings (SSSR count). The number of carboxylic acid groups (broad SMARTS) is 2. The summed E-state index contributed by atoms with van der Waals surface area (Å²) in [5.41, 5.74) is 7.57. The average molecular weight is 1330 g/mol.